The van der Waals surface area contributed by atoms with Crippen molar-refractivity contribution in [1.82, 2.24) is 9.29 Å². The van der Waals surface area contributed by atoms with Gasteiger partial charge in [-0.3, -0.25) is 4.79 Å². The van der Waals surface area contributed by atoms with Crippen LogP contribution in [-0.2, 0) is 27.8 Å². The second-order valence-corrected chi connectivity index (χ2v) is 9.58. The summed E-state index contributed by atoms with van der Waals surface area (Å²) in [5.41, 5.74) is 7.87. The standard InChI is InChI=1S/C19H16FN3O3S2/c20-15-7-5-12(6-8-15)19-22-10-17(27-19)28(25,26)23-11-14-4-2-1-3-13(14)9-16(23)18(21)24/h1-8,10,16H,9,11H2,(H2,21,24)/t16-/m0/s1. The topological polar surface area (TPSA) is 93.4 Å². The Labute approximate surface area is 165 Å². The van der Waals surface area contributed by atoms with Crippen LogP contribution in [-0.4, -0.2) is 29.7 Å². The van der Waals surface area contributed by atoms with Crippen LogP contribution in [0.15, 0.2) is 58.9 Å². The van der Waals surface area contributed by atoms with Crippen molar-refractivity contribution < 1.29 is 17.6 Å². The van der Waals surface area contributed by atoms with Crippen LogP contribution in [0.3, 0.4) is 0 Å². The number of rotatable bonds is 4. The maximum atomic E-state index is 13.2. The van der Waals surface area contributed by atoms with E-state index in [2.05, 4.69) is 4.98 Å². The maximum absolute atomic E-state index is 13.2. The fraction of sp³-hybridized carbons (Fsp3) is 0.158. The molecule has 1 atom stereocenters. The minimum absolute atomic E-state index is 0.0115. The molecular weight excluding hydrogens is 401 g/mol. The van der Waals surface area contributed by atoms with Crippen LogP contribution in [0.5, 0.6) is 0 Å². The van der Waals surface area contributed by atoms with Crippen LogP contribution in [0.4, 0.5) is 4.39 Å². The Hall–Kier alpha value is -2.62. The van der Waals surface area contributed by atoms with Crippen molar-refractivity contribution >= 4 is 27.3 Å². The zero-order valence-corrected chi connectivity index (χ0v) is 16.2. The number of aromatic nitrogens is 1. The zero-order chi connectivity index (χ0) is 19.9. The van der Waals surface area contributed by atoms with Gasteiger partial charge in [0.15, 0.2) is 4.21 Å². The minimum Gasteiger partial charge on any atom is -0.368 e. The number of hydrogen-bond acceptors (Lipinski definition) is 5. The monoisotopic (exact) mass is 417 g/mol. The lowest BCUT2D eigenvalue weighted by Crippen LogP contribution is -2.50. The van der Waals surface area contributed by atoms with Crippen LogP contribution in [0.1, 0.15) is 11.1 Å². The Kier molecular flexibility index (Phi) is 4.74. The number of benzene rings is 2. The van der Waals surface area contributed by atoms with Crippen LogP contribution >= 0.6 is 11.3 Å². The summed E-state index contributed by atoms with van der Waals surface area (Å²) in [6.45, 7) is 0.0654. The smallest absolute Gasteiger partial charge is 0.255 e. The molecule has 2 N–H and O–H groups in total. The van der Waals surface area contributed by atoms with Crippen molar-refractivity contribution in [2.45, 2.75) is 23.2 Å². The molecule has 1 aliphatic rings. The first-order chi connectivity index (χ1) is 13.4. The molecule has 2 aromatic carbocycles. The van der Waals surface area contributed by atoms with E-state index in [4.69, 9.17) is 5.73 Å². The molecule has 3 aromatic rings. The lowest BCUT2D eigenvalue weighted by molar-refractivity contribution is -0.122. The highest BCUT2D eigenvalue weighted by Gasteiger charge is 2.39. The summed E-state index contributed by atoms with van der Waals surface area (Å²) in [6, 6.07) is 12.1. The third-order valence-corrected chi connectivity index (χ3v) is 8.01. The summed E-state index contributed by atoms with van der Waals surface area (Å²) in [5.74, 6) is -1.08. The number of nitrogens with two attached hydrogens (primary N) is 1. The Balaban J connectivity index is 1.71. The summed E-state index contributed by atoms with van der Waals surface area (Å²) in [6.07, 6.45) is 1.49. The van der Waals surface area contributed by atoms with E-state index in [-0.39, 0.29) is 23.0 Å². The molecule has 0 saturated heterocycles. The number of carbonyl (C=O) groups excluding carboxylic acids is 1. The van der Waals surface area contributed by atoms with Gasteiger partial charge in [-0.05, 0) is 41.8 Å². The van der Waals surface area contributed by atoms with Crippen LogP contribution in [0.25, 0.3) is 10.6 Å². The van der Waals surface area contributed by atoms with Gasteiger partial charge in [0.05, 0.1) is 6.20 Å². The number of nitrogens with zero attached hydrogens (tertiary/aromatic N) is 2. The summed E-state index contributed by atoms with van der Waals surface area (Å²) in [7, 11) is -3.98. The number of hydrogen-bond donors (Lipinski definition) is 1. The van der Waals surface area contributed by atoms with E-state index in [1.807, 2.05) is 24.3 Å². The Morgan fingerprint density at radius 1 is 1.14 bits per heavy atom. The van der Waals surface area contributed by atoms with Gasteiger partial charge in [0.25, 0.3) is 10.0 Å². The molecule has 0 unspecified atom stereocenters. The minimum atomic E-state index is -3.98. The predicted octanol–water partition coefficient (Wildman–Crippen LogP) is 2.55. The number of halogens is 1. The molecule has 0 saturated carbocycles. The molecule has 9 heteroatoms. The first kappa shape index (κ1) is 18.7. The van der Waals surface area contributed by atoms with Gasteiger partial charge >= 0.3 is 0 Å². The van der Waals surface area contributed by atoms with E-state index in [0.29, 0.717) is 10.6 Å². The molecule has 0 spiro atoms. The molecule has 0 aliphatic carbocycles. The number of thiazole rings is 1. The van der Waals surface area contributed by atoms with Gasteiger partial charge in [-0.15, -0.1) is 11.3 Å². The number of primary amides is 1. The van der Waals surface area contributed by atoms with Gasteiger partial charge in [-0.2, -0.15) is 4.31 Å². The SMILES string of the molecule is NC(=O)[C@@H]1Cc2ccccc2CN1S(=O)(=O)c1cnc(-c2ccc(F)cc2)s1. The molecule has 144 valence electrons. The molecule has 0 radical (unpaired) electrons. The van der Waals surface area contributed by atoms with Gasteiger partial charge in [-0.1, -0.05) is 24.3 Å². The second-order valence-electron chi connectivity index (χ2n) is 6.43. The van der Waals surface area contributed by atoms with Crippen molar-refractivity contribution in [3.63, 3.8) is 0 Å². The highest BCUT2D eigenvalue weighted by atomic mass is 32.2. The zero-order valence-electron chi connectivity index (χ0n) is 14.6. The molecular formula is C19H16FN3O3S2. The average Bonchev–Trinajstić information content (AvgIpc) is 3.18. The molecule has 1 amide bonds. The van der Waals surface area contributed by atoms with Gasteiger partial charge in [0, 0.05) is 12.1 Å². The summed E-state index contributed by atoms with van der Waals surface area (Å²) in [5, 5.41) is 0.451. The summed E-state index contributed by atoms with van der Waals surface area (Å²) >= 11 is 0.972. The summed E-state index contributed by atoms with van der Waals surface area (Å²) in [4.78, 5) is 16.1. The lowest BCUT2D eigenvalue weighted by Gasteiger charge is -2.33. The van der Waals surface area contributed by atoms with E-state index < -0.39 is 22.0 Å². The van der Waals surface area contributed by atoms with Crippen LogP contribution in [0.2, 0.25) is 0 Å². The number of amides is 1. The third kappa shape index (κ3) is 3.32. The highest BCUT2D eigenvalue weighted by molar-refractivity contribution is 7.91. The Morgan fingerprint density at radius 3 is 2.50 bits per heavy atom. The van der Waals surface area contributed by atoms with Gasteiger partial charge in [0.1, 0.15) is 16.9 Å². The quantitative estimate of drug-likeness (QED) is 0.706. The predicted molar refractivity (Wildman–Crippen MR) is 103 cm³/mol. The molecule has 6 nitrogen and oxygen atoms in total. The molecule has 1 aliphatic heterocycles. The van der Waals surface area contributed by atoms with Crippen molar-refractivity contribution in [3.05, 3.63) is 71.7 Å². The molecule has 0 fully saturated rings. The van der Waals surface area contributed by atoms with Crippen molar-refractivity contribution in [1.29, 1.82) is 0 Å². The normalized spacial score (nSPS) is 17.2. The number of sulfonamides is 1. The van der Waals surface area contributed by atoms with Gasteiger partial charge in [0.2, 0.25) is 5.91 Å². The number of carbonyl (C=O) groups is 1. The largest absolute Gasteiger partial charge is 0.368 e. The average molecular weight is 417 g/mol. The first-order valence-electron chi connectivity index (χ1n) is 8.46. The molecule has 28 heavy (non-hydrogen) atoms. The van der Waals surface area contributed by atoms with Crippen LogP contribution < -0.4 is 5.73 Å². The fourth-order valence-corrected chi connectivity index (χ4v) is 6.05. The summed E-state index contributed by atoms with van der Waals surface area (Å²) < 4.78 is 40.7. The first-order valence-corrected chi connectivity index (χ1v) is 10.7. The fourth-order valence-electron chi connectivity index (χ4n) is 3.21. The maximum Gasteiger partial charge on any atom is 0.255 e. The van der Waals surface area contributed by atoms with Crippen LogP contribution in [0, 0.1) is 5.82 Å². The van der Waals surface area contributed by atoms with Crippen molar-refractivity contribution in [2.75, 3.05) is 0 Å². The Bertz CT molecular complexity index is 1140. The number of fused-ring (bicyclic) bond motifs is 1. The highest BCUT2D eigenvalue weighted by Crippen LogP contribution is 2.34. The Morgan fingerprint density at radius 2 is 1.82 bits per heavy atom. The van der Waals surface area contributed by atoms with E-state index in [0.717, 1.165) is 26.8 Å². The lowest BCUT2D eigenvalue weighted by atomic mass is 9.96. The van der Waals surface area contributed by atoms with E-state index >= 15 is 0 Å². The second kappa shape index (κ2) is 7.08. The molecule has 4 rings (SSSR count). The van der Waals surface area contributed by atoms with E-state index in [9.17, 15) is 17.6 Å². The van der Waals surface area contributed by atoms with Gasteiger partial charge in [-0.25, -0.2) is 17.8 Å². The van der Waals surface area contributed by atoms with Crippen molar-refractivity contribution in [3.8, 4) is 10.6 Å². The van der Waals surface area contributed by atoms with E-state index in [1.165, 1.54) is 30.5 Å². The molecule has 2 heterocycles. The molecule has 1 aromatic heterocycles. The van der Waals surface area contributed by atoms with Gasteiger partial charge < -0.3 is 5.73 Å². The van der Waals surface area contributed by atoms with Crippen molar-refractivity contribution in [2.24, 2.45) is 5.73 Å². The third-order valence-electron chi connectivity index (χ3n) is 4.67. The molecule has 0 bridgehead atoms. The van der Waals surface area contributed by atoms with E-state index in [1.54, 1.807) is 0 Å².